The molecule has 74 valence electrons. The van der Waals surface area contributed by atoms with Crippen molar-refractivity contribution in [1.82, 2.24) is 5.32 Å². The third-order valence-corrected chi connectivity index (χ3v) is 2.92. The third-order valence-electron chi connectivity index (χ3n) is 2.20. The molecule has 2 rings (SSSR count). The van der Waals surface area contributed by atoms with Crippen molar-refractivity contribution in [3.8, 4) is 0 Å². The molecule has 1 aliphatic heterocycles. The number of nitrogens with one attached hydrogen (secondary N) is 1. The molecule has 1 aliphatic rings. The monoisotopic (exact) mass is 303 g/mol. The summed E-state index contributed by atoms with van der Waals surface area (Å²) in [5.74, 6) is 0. The predicted octanol–water partition coefficient (Wildman–Crippen LogP) is 2.46. The van der Waals surface area contributed by atoms with E-state index in [9.17, 15) is 4.79 Å². The van der Waals surface area contributed by atoms with Gasteiger partial charge in [-0.2, -0.15) is 0 Å². The average molecular weight is 303 g/mol. The highest BCUT2D eigenvalue weighted by atomic mass is 127. The largest absolute Gasteiger partial charge is 0.449 e. The van der Waals surface area contributed by atoms with Crippen LogP contribution in [0, 0.1) is 3.57 Å². The van der Waals surface area contributed by atoms with E-state index in [0.29, 0.717) is 6.61 Å². The van der Waals surface area contributed by atoms with E-state index in [2.05, 4.69) is 27.9 Å². The number of carbonyl (C=O) groups is 1. The molecule has 0 radical (unpaired) electrons. The fourth-order valence-electron chi connectivity index (χ4n) is 1.47. The molecule has 0 unspecified atom stereocenters. The van der Waals surface area contributed by atoms with Crippen LogP contribution >= 0.6 is 22.6 Å². The van der Waals surface area contributed by atoms with Crippen LogP contribution in [0.3, 0.4) is 0 Å². The number of alkyl carbamates (subject to hydrolysis) is 1. The molecular weight excluding hydrogens is 293 g/mol. The van der Waals surface area contributed by atoms with Gasteiger partial charge < -0.3 is 10.1 Å². The first kappa shape index (κ1) is 9.76. The van der Waals surface area contributed by atoms with Crippen LogP contribution in [0.4, 0.5) is 4.79 Å². The molecule has 14 heavy (non-hydrogen) atoms. The van der Waals surface area contributed by atoms with E-state index in [4.69, 9.17) is 4.74 Å². The molecule has 1 fully saturated rings. The summed E-state index contributed by atoms with van der Waals surface area (Å²) in [5.41, 5.74) is 1.14. The predicted molar refractivity (Wildman–Crippen MR) is 61.0 cm³/mol. The van der Waals surface area contributed by atoms with Crippen molar-refractivity contribution in [3.05, 3.63) is 33.4 Å². The Hall–Kier alpha value is -0.780. The second kappa shape index (κ2) is 4.16. The van der Waals surface area contributed by atoms with Gasteiger partial charge in [0, 0.05) is 9.99 Å². The number of amides is 1. The van der Waals surface area contributed by atoms with Crippen LogP contribution in [-0.4, -0.2) is 12.7 Å². The Balaban J connectivity index is 2.14. The number of carbonyl (C=O) groups excluding carboxylic acids is 1. The minimum absolute atomic E-state index is 0.105. The molecule has 3 nitrogen and oxygen atoms in total. The summed E-state index contributed by atoms with van der Waals surface area (Å²) in [6, 6.07) is 8.26. The second-order valence-corrected chi connectivity index (χ2v) is 4.42. The SMILES string of the molecule is O=C1N[C@H](c2ccc(I)cc2)CCO1. The van der Waals surface area contributed by atoms with Crippen LogP contribution in [0.15, 0.2) is 24.3 Å². The van der Waals surface area contributed by atoms with Gasteiger partial charge in [0.15, 0.2) is 0 Å². The van der Waals surface area contributed by atoms with E-state index in [-0.39, 0.29) is 12.1 Å². The van der Waals surface area contributed by atoms with Gasteiger partial charge in [0.05, 0.1) is 12.6 Å². The number of benzene rings is 1. The number of ether oxygens (including phenoxy) is 1. The number of halogens is 1. The summed E-state index contributed by atoms with van der Waals surface area (Å²) in [6.07, 6.45) is 0.520. The van der Waals surface area contributed by atoms with Crippen molar-refractivity contribution < 1.29 is 9.53 Å². The molecule has 0 aliphatic carbocycles. The lowest BCUT2D eigenvalue weighted by molar-refractivity contribution is 0.115. The topological polar surface area (TPSA) is 38.3 Å². The molecule has 1 saturated heterocycles. The van der Waals surface area contributed by atoms with Gasteiger partial charge in [0.2, 0.25) is 0 Å². The summed E-state index contributed by atoms with van der Waals surface area (Å²) >= 11 is 2.26. The number of hydrogen-bond acceptors (Lipinski definition) is 2. The summed E-state index contributed by atoms with van der Waals surface area (Å²) in [7, 11) is 0. The van der Waals surface area contributed by atoms with Crippen molar-refractivity contribution in [1.29, 1.82) is 0 Å². The fraction of sp³-hybridized carbons (Fsp3) is 0.300. The normalized spacial score (nSPS) is 21.2. The summed E-state index contributed by atoms with van der Waals surface area (Å²) in [4.78, 5) is 11.0. The van der Waals surface area contributed by atoms with Crippen LogP contribution < -0.4 is 5.32 Å². The quantitative estimate of drug-likeness (QED) is 0.809. The van der Waals surface area contributed by atoms with E-state index in [0.717, 1.165) is 12.0 Å². The Morgan fingerprint density at radius 2 is 2.07 bits per heavy atom. The molecule has 1 aromatic rings. The Bertz CT molecular complexity index is 336. The molecule has 1 heterocycles. The van der Waals surface area contributed by atoms with Crippen LogP contribution in [0.2, 0.25) is 0 Å². The maximum atomic E-state index is 11.0. The van der Waals surface area contributed by atoms with Gasteiger partial charge in [-0.15, -0.1) is 0 Å². The van der Waals surface area contributed by atoms with E-state index in [1.54, 1.807) is 0 Å². The lowest BCUT2D eigenvalue weighted by atomic mass is 10.0. The Labute approximate surface area is 96.0 Å². The molecule has 0 bridgehead atoms. The zero-order chi connectivity index (χ0) is 9.97. The average Bonchev–Trinajstić information content (AvgIpc) is 2.19. The van der Waals surface area contributed by atoms with Gasteiger partial charge in [0.1, 0.15) is 0 Å². The molecule has 1 aromatic carbocycles. The molecule has 1 amide bonds. The Kier molecular flexibility index (Phi) is 2.90. The number of hydrogen-bond donors (Lipinski definition) is 1. The highest BCUT2D eigenvalue weighted by molar-refractivity contribution is 14.1. The van der Waals surface area contributed by atoms with Crippen LogP contribution in [0.1, 0.15) is 18.0 Å². The zero-order valence-electron chi connectivity index (χ0n) is 7.50. The maximum absolute atomic E-state index is 11.0. The van der Waals surface area contributed by atoms with E-state index >= 15 is 0 Å². The summed E-state index contributed by atoms with van der Waals surface area (Å²) in [6.45, 7) is 0.502. The van der Waals surface area contributed by atoms with Gasteiger partial charge in [-0.3, -0.25) is 0 Å². The Morgan fingerprint density at radius 3 is 2.71 bits per heavy atom. The van der Waals surface area contributed by atoms with E-state index in [1.165, 1.54) is 3.57 Å². The molecule has 1 N–H and O–H groups in total. The first-order chi connectivity index (χ1) is 6.75. The molecule has 1 atom stereocenters. The minimum Gasteiger partial charge on any atom is -0.449 e. The number of cyclic esters (lactones) is 1. The van der Waals surface area contributed by atoms with Crippen LogP contribution in [0.5, 0.6) is 0 Å². The van der Waals surface area contributed by atoms with Gasteiger partial charge in [-0.05, 0) is 40.3 Å². The van der Waals surface area contributed by atoms with Gasteiger partial charge in [-0.1, -0.05) is 12.1 Å². The van der Waals surface area contributed by atoms with Crippen LogP contribution in [0.25, 0.3) is 0 Å². The first-order valence-electron chi connectivity index (χ1n) is 4.44. The molecule has 4 heteroatoms. The van der Waals surface area contributed by atoms with E-state index < -0.39 is 0 Å². The van der Waals surface area contributed by atoms with Crippen molar-refractivity contribution >= 4 is 28.7 Å². The highest BCUT2D eigenvalue weighted by Gasteiger charge is 2.20. The van der Waals surface area contributed by atoms with Crippen molar-refractivity contribution in [2.24, 2.45) is 0 Å². The first-order valence-corrected chi connectivity index (χ1v) is 5.52. The van der Waals surface area contributed by atoms with E-state index in [1.807, 2.05) is 24.3 Å². The second-order valence-electron chi connectivity index (χ2n) is 3.17. The van der Waals surface area contributed by atoms with Gasteiger partial charge in [0.25, 0.3) is 0 Å². The Morgan fingerprint density at radius 1 is 1.36 bits per heavy atom. The molecule has 0 saturated carbocycles. The standard InChI is InChI=1S/C10H10INO2/c11-8-3-1-7(2-4-8)9-5-6-14-10(13)12-9/h1-4,9H,5-6H2,(H,12,13)/t9-/m0/s1. The maximum Gasteiger partial charge on any atom is 0.407 e. The smallest absolute Gasteiger partial charge is 0.407 e. The fourth-order valence-corrected chi connectivity index (χ4v) is 1.83. The van der Waals surface area contributed by atoms with Gasteiger partial charge in [-0.25, -0.2) is 4.79 Å². The summed E-state index contributed by atoms with van der Waals surface area (Å²) < 4.78 is 6.00. The third kappa shape index (κ3) is 2.17. The lowest BCUT2D eigenvalue weighted by Gasteiger charge is -2.23. The molecular formula is C10H10INO2. The molecule has 0 spiro atoms. The minimum atomic E-state index is -0.320. The zero-order valence-corrected chi connectivity index (χ0v) is 9.65. The van der Waals surface area contributed by atoms with Crippen molar-refractivity contribution in [3.63, 3.8) is 0 Å². The van der Waals surface area contributed by atoms with Crippen molar-refractivity contribution in [2.45, 2.75) is 12.5 Å². The van der Waals surface area contributed by atoms with Crippen LogP contribution in [-0.2, 0) is 4.74 Å². The number of rotatable bonds is 1. The highest BCUT2D eigenvalue weighted by Crippen LogP contribution is 2.20. The summed E-state index contributed by atoms with van der Waals surface area (Å²) in [5, 5.41) is 2.79. The van der Waals surface area contributed by atoms with Crippen molar-refractivity contribution in [2.75, 3.05) is 6.61 Å². The lowest BCUT2D eigenvalue weighted by Crippen LogP contribution is -2.35. The van der Waals surface area contributed by atoms with Gasteiger partial charge >= 0.3 is 6.09 Å². The molecule has 0 aromatic heterocycles.